The molecule has 3 fully saturated rings. The van der Waals surface area contributed by atoms with Gasteiger partial charge < -0.3 is 24.6 Å². The maximum atomic E-state index is 13.1. The van der Waals surface area contributed by atoms with Crippen molar-refractivity contribution < 1.29 is 19.1 Å². The number of hydrogen-bond acceptors (Lipinski definition) is 5. The summed E-state index contributed by atoms with van der Waals surface area (Å²) in [5.74, 6) is 0.0502. The van der Waals surface area contributed by atoms with Gasteiger partial charge in [0, 0.05) is 44.7 Å². The van der Waals surface area contributed by atoms with Gasteiger partial charge in [-0.15, -0.1) is 0 Å². The fourth-order valence-corrected chi connectivity index (χ4v) is 3.80. The number of likely N-dealkylation sites (tertiary alicyclic amines) is 1. The zero-order chi connectivity index (χ0) is 17.3. The van der Waals surface area contributed by atoms with Gasteiger partial charge in [0.05, 0.1) is 25.3 Å². The zero-order valence-corrected chi connectivity index (χ0v) is 14.2. The average molecular weight is 345 g/mol. The van der Waals surface area contributed by atoms with Gasteiger partial charge in [0.1, 0.15) is 5.60 Å². The first kappa shape index (κ1) is 16.2. The number of benzene rings is 1. The maximum Gasteiger partial charge on any atom is 0.407 e. The summed E-state index contributed by atoms with van der Waals surface area (Å²) in [5.41, 5.74) is 1.28. The van der Waals surface area contributed by atoms with Crippen molar-refractivity contribution in [1.29, 1.82) is 0 Å². The van der Waals surface area contributed by atoms with Crippen LogP contribution in [-0.2, 0) is 9.47 Å². The third-order valence-electron chi connectivity index (χ3n) is 5.31. The lowest BCUT2D eigenvalue weighted by Crippen LogP contribution is -2.48. The first-order chi connectivity index (χ1) is 12.2. The van der Waals surface area contributed by atoms with Crippen LogP contribution in [0.2, 0.25) is 0 Å². The van der Waals surface area contributed by atoms with Gasteiger partial charge >= 0.3 is 6.09 Å². The topological polar surface area (TPSA) is 71.1 Å². The molecular weight excluding hydrogens is 322 g/mol. The van der Waals surface area contributed by atoms with E-state index < -0.39 is 5.60 Å². The molecule has 3 heterocycles. The summed E-state index contributed by atoms with van der Waals surface area (Å²) in [4.78, 5) is 28.5. The quantitative estimate of drug-likeness (QED) is 0.873. The number of morpholine rings is 1. The third-order valence-corrected chi connectivity index (χ3v) is 5.31. The van der Waals surface area contributed by atoms with E-state index in [2.05, 4.69) is 10.2 Å². The van der Waals surface area contributed by atoms with Gasteiger partial charge in [-0.05, 0) is 12.1 Å². The second kappa shape index (κ2) is 6.55. The van der Waals surface area contributed by atoms with E-state index in [0.29, 0.717) is 45.7 Å². The van der Waals surface area contributed by atoms with Crippen molar-refractivity contribution in [2.45, 2.75) is 18.4 Å². The van der Waals surface area contributed by atoms with Crippen LogP contribution in [0.3, 0.4) is 0 Å². The van der Waals surface area contributed by atoms with Crippen LogP contribution < -0.4 is 10.2 Å². The fraction of sp³-hybridized carbons (Fsp3) is 0.556. The number of carbonyl (C=O) groups excluding carboxylic acids is 2. The van der Waals surface area contributed by atoms with Crippen molar-refractivity contribution in [2.75, 3.05) is 50.8 Å². The summed E-state index contributed by atoms with van der Waals surface area (Å²) in [6.07, 6.45) is 1.01. The molecule has 3 aliphatic rings. The summed E-state index contributed by atoms with van der Waals surface area (Å²) in [6.45, 7) is 4.72. The van der Waals surface area contributed by atoms with Crippen molar-refractivity contribution >= 4 is 17.7 Å². The van der Waals surface area contributed by atoms with Crippen LogP contribution in [-0.4, -0.2) is 68.4 Å². The molecule has 7 heteroatoms. The predicted molar refractivity (Wildman–Crippen MR) is 91.8 cm³/mol. The number of nitrogens with one attached hydrogen (secondary N) is 1. The van der Waals surface area contributed by atoms with Crippen LogP contribution in [0.25, 0.3) is 0 Å². The van der Waals surface area contributed by atoms with Crippen molar-refractivity contribution in [3.05, 3.63) is 29.8 Å². The van der Waals surface area contributed by atoms with Gasteiger partial charge in [-0.1, -0.05) is 12.1 Å². The van der Waals surface area contributed by atoms with Crippen molar-refractivity contribution in [3.63, 3.8) is 0 Å². The van der Waals surface area contributed by atoms with E-state index in [0.717, 1.165) is 24.3 Å². The second-order valence-corrected chi connectivity index (χ2v) is 6.83. The van der Waals surface area contributed by atoms with Crippen LogP contribution >= 0.6 is 0 Å². The smallest absolute Gasteiger partial charge is 0.407 e. The minimum absolute atomic E-state index is 0.0502. The Bertz CT molecular complexity index is 664. The zero-order valence-electron chi connectivity index (χ0n) is 14.2. The van der Waals surface area contributed by atoms with Crippen molar-refractivity contribution in [3.8, 4) is 0 Å². The van der Waals surface area contributed by atoms with E-state index in [1.54, 1.807) is 0 Å². The van der Waals surface area contributed by atoms with E-state index in [4.69, 9.17) is 9.47 Å². The highest BCUT2D eigenvalue weighted by Crippen LogP contribution is 2.31. The Hall–Kier alpha value is -2.28. The number of carbonyl (C=O) groups is 2. The number of hydrogen-bond donors (Lipinski definition) is 1. The number of anilines is 1. The minimum atomic E-state index is -0.433. The average Bonchev–Trinajstić information content (AvgIpc) is 3.03. The fourth-order valence-electron chi connectivity index (χ4n) is 3.80. The van der Waals surface area contributed by atoms with E-state index in [1.807, 2.05) is 29.2 Å². The first-order valence-corrected chi connectivity index (χ1v) is 8.85. The Morgan fingerprint density at radius 1 is 1.08 bits per heavy atom. The van der Waals surface area contributed by atoms with E-state index in [1.165, 1.54) is 0 Å². The SMILES string of the molecule is O=C1NCC2(CCN(C(=O)c3ccccc3N3CCOCC3)CC2)O1. The predicted octanol–water partition coefficient (Wildman–Crippen LogP) is 1.24. The Morgan fingerprint density at radius 2 is 1.80 bits per heavy atom. The molecule has 3 aliphatic heterocycles. The Labute approximate surface area is 146 Å². The highest BCUT2D eigenvalue weighted by atomic mass is 16.6. The highest BCUT2D eigenvalue weighted by Gasteiger charge is 2.43. The highest BCUT2D eigenvalue weighted by molar-refractivity contribution is 6.00. The van der Waals surface area contributed by atoms with Crippen molar-refractivity contribution in [2.24, 2.45) is 0 Å². The molecule has 0 aliphatic carbocycles. The van der Waals surface area contributed by atoms with Gasteiger partial charge in [0.2, 0.25) is 0 Å². The minimum Gasteiger partial charge on any atom is -0.441 e. The molecule has 3 saturated heterocycles. The number of para-hydroxylation sites is 1. The molecule has 0 unspecified atom stereocenters. The molecule has 0 saturated carbocycles. The van der Waals surface area contributed by atoms with Crippen molar-refractivity contribution in [1.82, 2.24) is 10.2 Å². The molecule has 4 rings (SSSR count). The van der Waals surface area contributed by atoms with E-state index in [9.17, 15) is 9.59 Å². The lowest BCUT2D eigenvalue weighted by atomic mass is 9.91. The third kappa shape index (κ3) is 3.16. The normalized spacial score (nSPS) is 22.6. The van der Waals surface area contributed by atoms with Gasteiger partial charge in [0.25, 0.3) is 5.91 Å². The molecule has 0 atom stereocenters. The maximum absolute atomic E-state index is 13.1. The van der Waals surface area contributed by atoms with Gasteiger partial charge in [-0.25, -0.2) is 4.79 Å². The number of alkyl carbamates (subject to hydrolysis) is 1. The molecule has 0 aromatic heterocycles. The molecule has 2 amide bonds. The molecule has 0 bridgehead atoms. The molecule has 1 aromatic rings. The number of nitrogens with zero attached hydrogens (tertiary/aromatic N) is 2. The van der Waals surface area contributed by atoms with Crippen LogP contribution in [0.5, 0.6) is 0 Å². The Morgan fingerprint density at radius 3 is 2.48 bits per heavy atom. The molecule has 7 nitrogen and oxygen atoms in total. The van der Waals surface area contributed by atoms with E-state index in [-0.39, 0.29) is 12.0 Å². The summed E-state index contributed by atoms with van der Waals surface area (Å²) < 4.78 is 10.8. The lowest BCUT2D eigenvalue weighted by Gasteiger charge is -2.38. The molecule has 0 radical (unpaired) electrons. The number of ether oxygens (including phenoxy) is 2. The second-order valence-electron chi connectivity index (χ2n) is 6.83. The first-order valence-electron chi connectivity index (χ1n) is 8.85. The molecule has 25 heavy (non-hydrogen) atoms. The van der Waals surface area contributed by atoms with Crippen LogP contribution in [0.4, 0.5) is 10.5 Å². The summed E-state index contributed by atoms with van der Waals surface area (Å²) in [5, 5.41) is 2.72. The molecule has 1 spiro atoms. The monoisotopic (exact) mass is 345 g/mol. The van der Waals surface area contributed by atoms with Crippen LogP contribution in [0.15, 0.2) is 24.3 Å². The van der Waals surface area contributed by atoms with Gasteiger partial charge in [0.15, 0.2) is 0 Å². The molecule has 1 N–H and O–H groups in total. The number of amides is 2. The summed E-state index contributed by atoms with van der Waals surface area (Å²) in [6, 6.07) is 7.78. The number of piperidine rings is 1. The largest absolute Gasteiger partial charge is 0.441 e. The Balaban J connectivity index is 1.47. The summed E-state index contributed by atoms with van der Waals surface area (Å²) in [7, 11) is 0. The van der Waals surface area contributed by atoms with Crippen LogP contribution in [0, 0.1) is 0 Å². The Kier molecular flexibility index (Phi) is 4.25. The van der Waals surface area contributed by atoms with Gasteiger partial charge in [-0.2, -0.15) is 0 Å². The van der Waals surface area contributed by atoms with E-state index >= 15 is 0 Å². The van der Waals surface area contributed by atoms with Crippen LogP contribution in [0.1, 0.15) is 23.2 Å². The molecule has 134 valence electrons. The standard InChI is InChI=1S/C18H23N3O4/c22-16(21-7-5-18(6-8-21)13-19-17(23)25-18)14-3-1-2-4-15(14)20-9-11-24-12-10-20/h1-4H,5-13H2,(H,19,23). The molecular formula is C18H23N3O4. The summed E-state index contributed by atoms with van der Waals surface area (Å²) >= 11 is 0. The number of rotatable bonds is 2. The molecule has 1 aromatic carbocycles. The van der Waals surface area contributed by atoms with Gasteiger partial charge in [-0.3, -0.25) is 4.79 Å². The lowest BCUT2D eigenvalue weighted by molar-refractivity contribution is 0.00332.